The summed E-state index contributed by atoms with van der Waals surface area (Å²) in [5.74, 6) is -0.0712. The molecule has 26 heavy (non-hydrogen) atoms. The zero-order valence-electron chi connectivity index (χ0n) is 14.8. The van der Waals surface area contributed by atoms with Crippen molar-refractivity contribution in [3.8, 4) is 0 Å². The first kappa shape index (κ1) is 23.5. The van der Waals surface area contributed by atoms with Gasteiger partial charge in [-0.1, -0.05) is 28.0 Å². The average molecular weight is 424 g/mol. The van der Waals surface area contributed by atoms with E-state index in [2.05, 4.69) is 23.3 Å². The zero-order chi connectivity index (χ0) is 19.4. The number of rotatable bonds is 13. The molecule has 150 valence electrons. The summed E-state index contributed by atoms with van der Waals surface area (Å²) in [6, 6.07) is -1.60. The fourth-order valence-electron chi connectivity index (χ4n) is 2.46. The van der Waals surface area contributed by atoms with E-state index in [-0.39, 0.29) is 24.0 Å². The van der Waals surface area contributed by atoms with E-state index < -0.39 is 18.1 Å². The quantitative estimate of drug-likeness (QED) is 0.173. The Morgan fingerprint density at radius 2 is 2.04 bits per heavy atom. The molecule has 0 saturated carbocycles. The van der Waals surface area contributed by atoms with Crippen molar-refractivity contribution in [2.24, 2.45) is 5.73 Å². The molecule has 1 fully saturated rings. The van der Waals surface area contributed by atoms with Gasteiger partial charge in [-0.2, -0.15) is 12.6 Å². The zero-order valence-corrected chi connectivity index (χ0v) is 17.3. The van der Waals surface area contributed by atoms with Crippen LogP contribution in [0.25, 0.3) is 0 Å². The van der Waals surface area contributed by atoms with Gasteiger partial charge in [0.25, 0.3) is 0 Å². The SMILES string of the molecule is NC(CCCNC(=O)C(CS)NC(=O)CCCCC1CCSS1)C(=O)O. The van der Waals surface area contributed by atoms with Crippen LogP contribution in [0.5, 0.6) is 0 Å². The predicted octanol–water partition coefficient (Wildman–Crippen LogP) is 1.42. The highest BCUT2D eigenvalue weighted by Crippen LogP contribution is 2.39. The molecule has 0 aromatic heterocycles. The molecule has 1 aliphatic rings. The minimum Gasteiger partial charge on any atom is -0.480 e. The molecule has 1 aliphatic heterocycles. The van der Waals surface area contributed by atoms with Crippen molar-refractivity contribution >= 4 is 52.0 Å². The van der Waals surface area contributed by atoms with Crippen molar-refractivity contribution < 1.29 is 19.5 Å². The molecule has 2 amide bonds. The summed E-state index contributed by atoms with van der Waals surface area (Å²) in [7, 11) is 3.87. The lowest BCUT2D eigenvalue weighted by molar-refractivity contribution is -0.138. The highest BCUT2D eigenvalue weighted by Gasteiger charge is 2.20. The first-order valence-corrected chi connectivity index (χ1v) is 11.9. The number of aliphatic carboxylic acids is 1. The molecule has 0 radical (unpaired) electrons. The number of amides is 2. The topological polar surface area (TPSA) is 122 Å². The Kier molecular flexibility index (Phi) is 12.2. The molecule has 1 heterocycles. The third-order valence-electron chi connectivity index (χ3n) is 4.05. The highest BCUT2D eigenvalue weighted by atomic mass is 33.1. The first-order valence-electron chi connectivity index (χ1n) is 8.88. The molecule has 5 N–H and O–H groups in total. The minimum atomic E-state index is -1.05. The average Bonchev–Trinajstić information content (AvgIpc) is 3.13. The van der Waals surface area contributed by atoms with Crippen LogP contribution in [0.2, 0.25) is 0 Å². The van der Waals surface area contributed by atoms with E-state index in [9.17, 15) is 14.4 Å². The van der Waals surface area contributed by atoms with Gasteiger partial charge in [0.15, 0.2) is 0 Å². The summed E-state index contributed by atoms with van der Waals surface area (Å²) in [6.07, 6.45) is 5.39. The number of nitrogens with one attached hydrogen (secondary N) is 2. The molecule has 0 bridgehead atoms. The number of unbranched alkanes of at least 4 members (excludes halogenated alkanes) is 1. The lowest BCUT2D eigenvalue weighted by Crippen LogP contribution is -2.48. The maximum Gasteiger partial charge on any atom is 0.320 e. The van der Waals surface area contributed by atoms with E-state index >= 15 is 0 Å². The molecule has 3 unspecified atom stereocenters. The smallest absolute Gasteiger partial charge is 0.320 e. The van der Waals surface area contributed by atoms with Crippen LogP contribution in [-0.2, 0) is 14.4 Å². The Labute approximate surface area is 168 Å². The summed E-state index contributed by atoms with van der Waals surface area (Å²) in [6.45, 7) is 0.316. The molecule has 0 aliphatic carbocycles. The third-order valence-corrected chi connectivity index (χ3v) is 7.42. The van der Waals surface area contributed by atoms with Gasteiger partial charge >= 0.3 is 5.97 Å². The second-order valence-corrected chi connectivity index (χ2v) is 9.41. The molecule has 0 aromatic carbocycles. The second-order valence-electron chi connectivity index (χ2n) is 6.26. The molecule has 3 atom stereocenters. The summed E-state index contributed by atoms with van der Waals surface area (Å²) >= 11 is 4.12. The van der Waals surface area contributed by atoms with Crippen LogP contribution in [0.1, 0.15) is 44.9 Å². The van der Waals surface area contributed by atoms with Gasteiger partial charge in [0.1, 0.15) is 12.1 Å². The van der Waals surface area contributed by atoms with Gasteiger partial charge in [0.05, 0.1) is 0 Å². The van der Waals surface area contributed by atoms with Gasteiger partial charge in [-0.3, -0.25) is 14.4 Å². The Hall–Kier alpha value is -0.580. The first-order chi connectivity index (χ1) is 12.4. The predicted molar refractivity (Wildman–Crippen MR) is 111 cm³/mol. The van der Waals surface area contributed by atoms with E-state index in [4.69, 9.17) is 10.8 Å². The fourth-order valence-corrected chi connectivity index (χ4v) is 5.75. The minimum absolute atomic E-state index is 0.138. The summed E-state index contributed by atoms with van der Waals surface area (Å²) < 4.78 is 0. The standard InChI is InChI=1S/C16H29N3O4S3/c17-12(16(22)23)5-3-8-18-15(21)13(10-24)19-14(20)6-2-1-4-11-7-9-25-26-11/h11-13,24H,1-10,17H2,(H,18,21)(H,19,20)(H,22,23). The van der Waals surface area contributed by atoms with Gasteiger partial charge in [0.2, 0.25) is 11.8 Å². The number of carbonyl (C=O) groups is 3. The molecular formula is C16H29N3O4S3. The van der Waals surface area contributed by atoms with Crippen molar-refractivity contribution in [2.75, 3.05) is 18.1 Å². The van der Waals surface area contributed by atoms with E-state index in [1.807, 2.05) is 21.6 Å². The summed E-state index contributed by atoms with van der Waals surface area (Å²) in [4.78, 5) is 34.7. The van der Waals surface area contributed by atoms with Crippen molar-refractivity contribution in [2.45, 2.75) is 62.3 Å². The highest BCUT2D eigenvalue weighted by molar-refractivity contribution is 8.77. The van der Waals surface area contributed by atoms with Crippen molar-refractivity contribution in [1.82, 2.24) is 10.6 Å². The van der Waals surface area contributed by atoms with Crippen molar-refractivity contribution in [3.63, 3.8) is 0 Å². The number of carbonyl (C=O) groups excluding carboxylic acids is 2. The van der Waals surface area contributed by atoms with E-state index in [0.29, 0.717) is 24.6 Å². The van der Waals surface area contributed by atoms with Crippen molar-refractivity contribution in [3.05, 3.63) is 0 Å². The summed E-state index contributed by atoms with van der Waals surface area (Å²) in [5, 5.41) is 14.8. The normalized spacial score (nSPS) is 18.9. The molecule has 0 aromatic rings. The van der Waals surface area contributed by atoms with Crippen LogP contribution >= 0.6 is 34.2 Å². The number of carboxylic acids is 1. The Balaban J connectivity index is 2.15. The van der Waals surface area contributed by atoms with E-state index in [0.717, 1.165) is 19.3 Å². The molecule has 7 nitrogen and oxygen atoms in total. The summed E-state index contributed by atoms with van der Waals surface area (Å²) in [5.41, 5.74) is 5.40. The Bertz CT molecular complexity index is 462. The maximum atomic E-state index is 12.1. The molecule has 10 heteroatoms. The monoisotopic (exact) mass is 423 g/mol. The second kappa shape index (κ2) is 13.6. The van der Waals surface area contributed by atoms with Crippen LogP contribution in [0, 0.1) is 0 Å². The fraction of sp³-hybridized carbons (Fsp3) is 0.812. The molecule has 1 rings (SSSR count). The van der Waals surface area contributed by atoms with Crippen LogP contribution < -0.4 is 16.4 Å². The van der Waals surface area contributed by atoms with E-state index in [1.54, 1.807) is 0 Å². The van der Waals surface area contributed by atoms with Gasteiger partial charge in [-0.25, -0.2) is 0 Å². The van der Waals surface area contributed by atoms with Crippen LogP contribution in [0.4, 0.5) is 0 Å². The number of thiol groups is 1. The Morgan fingerprint density at radius 3 is 2.65 bits per heavy atom. The molecule has 0 spiro atoms. The van der Waals surface area contributed by atoms with Gasteiger partial charge in [-0.15, -0.1) is 0 Å². The van der Waals surface area contributed by atoms with Gasteiger partial charge in [-0.05, 0) is 32.1 Å². The van der Waals surface area contributed by atoms with Crippen molar-refractivity contribution in [1.29, 1.82) is 0 Å². The van der Waals surface area contributed by atoms with Crippen LogP contribution in [0.15, 0.2) is 0 Å². The number of hydrogen-bond donors (Lipinski definition) is 5. The lowest BCUT2D eigenvalue weighted by atomic mass is 10.1. The number of nitrogens with two attached hydrogens (primary N) is 1. The van der Waals surface area contributed by atoms with E-state index in [1.165, 1.54) is 12.2 Å². The van der Waals surface area contributed by atoms with Crippen LogP contribution in [0.3, 0.4) is 0 Å². The number of hydrogen-bond acceptors (Lipinski definition) is 7. The maximum absolute atomic E-state index is 12.1. The van der Waals surface area contributed by atoms with Gasteiger partial charge < -0.3 is 21.5 Å². The lowest BCUT2D eigenvalue weighted by Gasteiger charge is -2.17. The Morgan fingerprint density at radius 1 is 1.27 bits per heavy atom. The van der Waals surface area contributed by atoms with Gasteiger partial charge in [0, 0.05) is 29.7 Å². The van der Waals surface area contributed by atoms with Crippen LogP contribution in [-0.4, -0.2) is 58.3 Å². The largest absolute Gasteiger partial charge is 0.480 e. The number of carboxylic acid groups (broad SMARTS) is 1. The third kappa shape index (κ3) is 9.94. The molecular weight excluding hydrogens is 394 g/mol. The molecule has 1 saturated heterocycles.